The maximum absolute atomic E-state index is 13.0. The van der Waals surface area contributed by atoms with Gasteiger partial charge in [-0.05, 0) is 42.4 Å². The third kappa shape index (κ3) is 2.84. The highest BCUT2D eigenvalue weighted by Crippen LogP contribution is 2.30. The van der Waals surface area contributed by atoms with Crippen molar-refractivity contribution in [3.05, 3.63) is 59.7 Å². The van der Waals surface area contributed by atoms with Crippen molar-refractivity contribution in [2.24, 2.45) is 0 Å². The fraction of sp³-hybridized carbons (Fsp3) is 0.278. The second-order valence-corrected chi connectivity index (χ2v) is 6.42. The SMILES string of the molecule is CCSc1ccccc1C(=O)N1CCCc2ccccc21. The fourth-order valence-corrected chi connectivity index (χ4v) is 3.61. The van der Waals surface area contributed by atoms with Crippen LogP contribution in [0, 0.1) is 0 Å². The molecule has 1 heterocycles. The number of thioether (sulfide) groups is 1. The monoisotopic (exact) mass is 297 g/mol. The molecule has 2 aromatic carbocycles. The van der Waals surface area contributed by atoms with Crippen LogP contribution in [0.15, 0.2) is 53.4 Å². The highest BCUT2D eigenvalue weighted by atomic mass is 32.2. The van der Waals surface area contributed by atoms with Gasteiger partial charge in [-0.2, -0.15) is 0 Å². The topological polar surface area (TPSA) is 20.3 Å². The minimum atomic E-state index is 0.124. The van der Waals surface area contributed by atoms with Crippen molar-refractivity contribution < 1.29 is 4.79 Å². The molecule has 1 aliphatic rings. The molecule has 108 valence electrons. The first-order valence-electron chi connectivity index (χ1n) is 7.43. The van der Waals surface area contributed by atoms with Gasteiger partial charge < -0.3 is 4.90 Å². The Hall–Kier alpha value is -1.74. The minimum absolute atomic E-state index is 0.124. The molecule has 2 aromatic rings. The summed E-state index contributed by atoms with van der Waals surface area (Å²) in [6.45, 7) is 2.92. The minimum Gasteiger partial charge on any atom is -0.308 e. The van der Waals surface area contributed by atoms with Gasteiger partial charge in [-0.15, -0.1) is 11.8 Å². The Bertz CT molecular complexity index is 653. The molecule has 1 amide bonds. The standard InChI is InChI=1S/C18H19NOS/c1-2-21-17-12-6-4-10-15(17)18(20)19-13-7-9-14-8-3-5-11-16(14)19/h3-6,8,10-12H,2,7,9,13H2,1H3. The lowest BCUT2D eigenvalue weighted by Crippen LogP contribution is -2.35. The zero-order valence-electron chi connectivity index (χ0n) is 12.2. The maximum atomic E-state index is 13.0. The van der Waals surface area contributed by atoms with E-state index < -0.39 is 0 Å². The second-order valence-electron chi connectivity index (χ2n) is 5.12. The summed E-state index contributed by atoms with van der Waals surface area (Å²) in [4.78, 5) is 16.0. The molecular weight excluding hydrogens is 278 g/mol. The first-order valence-corrected chi connectivity index (χ1v) is 8.41. The summed E-state index contributed by atoms with van der Waals surface area (Å²) in [7, 11) is 0. The molecule has 3 rings (SSSR count). The first-order chi connectivity index (χ1) is 10.3. The molecule has 0 fully saturated rings. The van der Waals surface area contributed by atoms with E-state index in [9.17, 15) is 4.79 Å². The van der Waals surface area contributed by atoms with Gasteiger partial charge in [-0.1, -0.05) is 37.3 Å². The van der Waals surface area contributed by atoms with Gasteiger partial charge >= 0.3 is 0 Å². The van der Waals surface area contributed by atoms with Crippen LogP contribution in [-0.4, -0.2) is 18.2 Å². The number of para-hydroxylation sites is 1. The van der Waals surface area contributed by atoms with Crippen molar-refractivity contribution in [3.8, 4) is 0 Å². The van der Waals surface area contributed by atoms with Crippen LogP contribution >= 0.6 is 11.8 Å². The van der Waals surface area contributed by atoms with Crippen molar-refractivity contribution in [1.82, 2.24) is 0 Å². The molecule has 3 heteroatoms. The fourth-order valence-electron chi connectivity index (χ4n) is 2.81. The number of rotatable bonds is 3. The zero-order valence-corrected chi connectivity index (χ0v) is 13.0. The summed E-state index contributed by atoms with van der Waals surface area (Å²) >= 11 is 1.73. The highest BCUT2D eigenvalue weighted by Gasteiger charge is 2.24. The van der Waals surface area contributed by atoms with Crippen molar-refractivity contribution in [3.63, 3.8) is 0 Å². The van der Waals surface area contributed by atoms with Crippen LogP contribution < -0.4 is 4.90 Å². The van der Waals surface area contributed by atoms with Crippen LogP contribution in [0.4, 0.5) is 5.69 Å². The summed E-state index contributed by atoms with van der Waals surface area (Å²) in [5, 5.41) is 0. The molecule has 0 bridgehead atoms. The van der Waals surface area contributed by atoms with Gasteiger partial charge in [0.15, 0.2) is 0 Å². The smallest absolute Gasteiger partial charge is 0.259 e. The van der Waals surface area contributed by atoms with Gasteiger partial charge in [0.2, 0.25) is 0 Å². The number of fused-ring (bicyclic) bond motifs is 1. The second kappa shape index (κ2) is 6.35. The summed E-state index contributed by atoms with van der Waals surface area (Å²) < 4.78 is 0. The van der Waals surface area contributed by atoms with E-state index >= 15 is 0 Å². The lowest BCUT2D eigenvalue weighted by Gasteiger charge is -2.30. The number of hydrogen-bond acceptors (Lipinski definition) is 2. The molecule has 0 saturated carbocycles. The molecule has 0 spiro atoms. The molecule has 0 aromatic heterocycles. The Morgan fingerprint density at radius 1 is 1.14 bits per heavy atom. The van der Waals surface area contributed by atoms with Crippen molar-refractivity contribution in [2.75, 3.05) is 17.2 Å². The van der Waals surface area contributed by atoms with E-state index in [1.165, 1.54) is 5.56 Å². The van der Waals surface area contributed by atoms with Gasteiger partial charge in [0.25, 0.3) is 5.91 Å². The molecule has 2 nitrogen and oxygen atoms in total. The van der Waals surface area contributed by atoms with Crippen LogP contribution in [0.3, 0.4) is 0 Å². The molecule has 1 aliphatic heterocycles. The normalized spacial score (nSPS) is 13.9. The quantitative estimate of drug-likeness (QED) is 0.783. The Labute approximate surface area is 130 Å². The predicted molar refractivity (Wildman–Crippen MR) is 89.3 cm³/mol. The van der Waals surface area contributed by atoms with Crippen LogP contribution in [0.25, 0.3) is 0 Å². The average molecular weight is 297 g/mol. The van der Waals surface area contributed by atoms with Crippen LogP contribution in [0.1, 0.15) is 29.3 Å². The summed E-state index contributed by atoms with van der Waals surface area (Å²) in [6.07, 6.45) is 2.09. The van der Waals surface area contributed by atoms with Gasteiger partial charge in [0, 0.05) is 17.1 Å². The Kier molecular flexibility index (Phi) is 4.30. The number of amides is 1. The number of benzene rings is 2. The average Bonchev–Trinajstić information content (AvgIpc) is 2.54. The highest BCUT2D eigenvalue weighted by molar-refractivity contribution is 7.99. The summed E-state index contributed by atoms with van der Waals surface area (Å²) in [5.41, 5.74) is 3.17. The largest absolute Gasteiger partial charge is 0.308 e. The molecule has 0 atom stereocenters. The number of carbonyl (C=O) groups excluding carboxylic acids is 1. The number of carbonyl (C=O) groups is 1. The number of nitrogens with zero attached hydrogens (tertiary/aromatic N) is 1. The van der Waals surface area contributed by atoms with Gasteiger partial charge in [-0.25, -0.2) is 0 Å². The van der Waals surface area contributed by atoms with E-state index in [-0.39, 0.29) is 5.91 Å². The van der Waals surface area contributed by atoms with Crippen LogP contribution in [-0.2, 0) is 6.42 Å². The molecule has 0 N–H and O–H groups in total. The first kappa shape index (κ1) is 14.2. The number of aryl methyl sites for hydroxylation is 1. The number of hydrogen-bond donors (Lipinski definition) is 0. The van der Waals surface area contributed by atoms with E-state index in [4.69, 9.17) is 0 Å². The third-order valence-electron chi connectivity index (χ3n) is 3.77. The lowest BCUT2D eigenvalue weighted by molar-refractivity contribution is 0.0982. The van der Waals surface area contributed by atoms with E-state index in [0.717, 1.165) is 41.3 Å². The maximum Gasteiger partial charge on any atom is 0.259 e. The molecule has 0 aliphatic carbocycles. The molecule has 0 unspecified atom stereocenters. The van der Waals surface area contributed by atoms with E-state index in [2.05, 4.69) is 19.1 Å². The third-order valence-corrected chi connectivity index (χ3v) is 4.73. The van der Waals surface area contributed by atoms with E-state index in [1.54, 1.807) is 11.8 Å². The molecule has 0 saturated heterocycles. The van der Waals surface area contributed by atoms with Gasteiger partial charge in [0.05, 0.1) is 5.56 Å². The molecule has 0 radical (unpaired) electrons. The van der Waals surface area contributed by atoms with E-state index in [1.807, 2.05) is 41.3 Å². The van der Waals surface area contributed by atoms with Crippen LogP contribution in [0.5, 0.6) is 0 Å². The van der Waals surface area contributed by atoms with Gasteiger partial charge in [0.1, 0.15) is 0 Å². The molecule has 21 heavy (non-hydrogen) atoms. The Morgan fingerprint density at radius 3 is 2.76 bits per heavy atom. The van der Waals surface area contributed by atoms with Crippen molar-refractivity contribution in [2.45, 2.75) is 24.7 Å². The summed E-state index contributed by atoms with van der Waals surface area (Å²) in [5.74, 6) is 1.10. The van der Waals surface area contributed by atoms with Crippen molar-refractivity contribution >= 4 is 23.4 Å². The number of anilines is 1. The lowest BCUT2D eigenvalue weighted by atomic mass is 10.0. The van der Waals surface area contributed by atoms with Gasteiger partial charge in [-0.3, -0.25) is 4.79 Å². The van der Waals surface area contributed by atoms with Crippen molar-refractivity contribution in [1.29, 1.82) is 0 Å². The van der Waals surface area contributed by atoms with E-state index in [0.29, 0.717) is 0 Å². The summed E-state index contributed by atoms with van der Waals surface area (Å²) in [6, 6.07) is 16.2. The van der Waals surface area contributed by atoms with Crippen LogP contribution in [0.2, 0.25) is 0 Å². The Morgan fingerprint density at radius 2 is 1.90 bits per heavy atom. The molecular formula is C18H19NOS. The zero-order chi connectivity index (χ0) is 14.7. The predicted octanol–water partition coefficient (Wildman–Crippen LogP) is 4.39. The Balaban J connectivity index is 1.97.